The van der Waals surface area contributed by atoms with Crippen molar-refractivity contribution in [2.75, 3.05) is 26.2 Å². The summed E-state index contributed by atoms with van der Waals surface area (Å²) in [6.45, 7) is 14.3. The number of hydrogen-bond donors (Lipinski definition) is 0. The standard InChI is InChI=1S/C22H35NO2/c1-17-13-23(14-18(2)25-17)15-21-12-20(22(21,3)4)10-11-24-16-19-8-6-5-7-9-19/h5-9,17-18,20-21H,10-16H2,1-4H3/t17-,18+,20-,21?/m0/s1. The number of ether oxygens (including phenoxy) is 2. The minimum atomic E-state index is 0.370. The monoisotopic (exact) mass is 345 g/mol. The predicted octanol–water partition coefficient (Wildman–Crippen LogP) is 4.36. The lowest BCUT2D eigenvalue weighted by Gasteiger charge is -2.54. The van der Waals surface area contributed by atoms with Gasteiger partial charge in [0.2, 0.25) is 0 Å². The van der Waals surface area contributed by atoms with Crippen LogP contribution in [0.3, 0.4) is 0 Å². The molecule has 4 atom stereocenters. The summed E-state index contributed by atoms with van der Waals surface area (Å²) in [7, 11) is 0. The van der Waals surface area contributed by atoms with Gasteiger partial charge in [-0.3, -0.25) is 4.90 Å². The molecule has 0 radical (unpaired) electrons. The van der Waals surface area contributed by atoms with Crippen LogP contribution < -0.4 is 0 Å². The molecule has 1 heterocycles. The molecule has 1 aliphatic carbocycles. The van der Waals surface area contributed by atoms with Gasteiger partial charge < -0.3 is 9.47 Å². The minimum absolute atomic E-state index is 0.370. The van der Waals surface area contributed by atoms with Gasteiger partial charge in [0.05, 0.1) is 18.8 Å². The van der Waals surface area contributed by atoms with Crippen molar-refractivity contribution in [3.63, 3.8) is 0 Å². The Balaban J connectivity index is 1.38. The van der Waals surface area contributed by atoms with E-state index in [1.54, 1.807) is 0 Å². The van der Waals surface area contributed by atoms with Crippen molar-refractivity contribution in [2.45, 2.75) is 59.4 Å². The highest BCUT2D eigenvalue weighted by Crippen LogP contribution is 2.53. The van der Waals surface area contributed by atoms with Gasteiger partial charge in [0.15, 0.2) is 0 Å². The highest BCUT2D eigenvalue weighted by Gasteiger charge is 2.48. The summed E-state index contributed by atoms with van der Waals surface area (Å²) >= 11 is 0. The van der Waals surface area contributed by atoms with E-state index >= 15 is 0 Å². The first kappa shape index (κ1) is 18.9. The van der Waals surface area contributed by atoms with E-state index < -0.39 is 0 Å². The number of morpholine rings is 1. The molecule has 25 heavy (non-hydrogen) atoms. The molecule has 0 spiro atoms. The van der Waals surface area contributed by atoms with Gasteiger partial charge in [-0.1, -0.05) is 44.2 Å². The molecule has 1 aromatic carbocycles. The zero-order valence-corrected chi connectivity index (χ0v) is 16.4. The Bertz CT molecular complexity index is 520. The molecule has 1 saturated carbocycles. The van der Waals surface area contributed by atoms with E-state index in [0.717, 1.165) is 38.1 Å². The van der Waals surface area contributed by atoms with Crippen molar-refractivity contribution in [3.05, 3.63) is 35.9 Å². The van der Waals surface area contributed by atoms with Crippen LogP contribution in [0.15, 0.2) is 30.3 Å². The van der Waals surface area contributed by atoms with E-state index in [2.05, 4.69) is 62.9 Å². The van der Waals surface area contributed by atoms with Crippen LogP contribution in [0.2, 0.25) is 0 Å². The summed E-state index contributed by atoms with van der Waals surface area (Å²) in [5.74, 6) is 1.60. The van der Waals surface area contributed by atoms with Gasteiger partial charge in [0, 0.05) is 26.2 Å². The smallest absolute Gasteiger partial charge is 0.0716 e. The molecule has 1 aromatic rings. The normalized spacial score (nSPS) is 32.3. The minimum Gasteiger partial charge on any atom is -0.377 e. The van der Waals surface area contributed by atoms with Crippen LogP contribution in [-0.2, 0) is 16.1 Å². The van der Waals surface area contributed by atoms with Crippen LogP contribution in [0.4, 0.5) is 0 Å². The summed E-state index contributed by atoms with van der Waals surface area (Å²) in [5, 5.41) is 0. The molecule has 1 aliphatic heterocycles. The Labute approximate surface area is 153 Å². The summed E-state index contributed by atoms with van der Waals surface area (Å²) < 4.78 is 11.8. The number of rotatable bonds is 7. The van der Waals surface area contributed by atoms with Crippen molar-refractivity contribution in [1.82, 2.24) is 4.90 Å². The van der Waals surface area contributed by atoms with Crippen LogP contribution in [-0.4, -0.2) is 43.3 Å². The van der Waals surface area contributed by atoms with Gasteiger partial charge in [-0.15, -0.1) is 0 Å². The molecule has 2 aliphatic rings. The second-order valence-corrected chi connectivity index (χ2v) is 8.75. The summed E-state index contributed by atoms with van der Waals surface area (Å²) in [4.78, 5) is 2.62. The topological polar surface area (TPSA) is 21.7 Å². The fourth-order valence-corrected chi connectivity index (χ4v) is 4.66. The number of hydrogen-bond acceptors (Lipinski definition) is 3. The second kappa shape index (κ2) is 8.20. The summed E-state index contributed by atoms with van der Waals surface area (Å²) in [6, 6.07) is 10.5. The Hall–Kier alpha value is -0.900. The highest BCUT2D eigenvalue weighted by atomic mass is 16.5. The SMILES string of the molecule is C[C@@H]1CN(CC2C[C@H](CCOCc3ccccc3)C2(C)C)C[C@H](C)O1. The van der Waals surface area contributed by atoms with E-state index in [1.807, 2.05) is 0 Å². The van der Waals surface area contributed by atoms with Crippen LogP contribution in [0.25, 0.3) is 0 Å². The first-order chi connectivity index (χ1) is 11.9. The van der Waals surface area contributed by atoms with Crippen molar-refractivity contribution >= 4 is 0 Å². The molecular weight excluding hydrogens is 310 g/mol. The first-order valence-electron chi connectivity index (χ1n) is 9.94. The molecule has 140 valence electrons. The largest absolute Gasteiger partial charge is 0.377 e. The molecule has 1 unspecified atom stereocenters. The molecule has 3 nitrogen and oxygen atoms in total. The fraction of sp³-hybridized carbons (Fsp3) is 0.727. The van der Waals surface area contributed by atoms with Crippen LogP contribution >= 0.6 is 0 Å². The second-order valence-electron chi connectivity index (χ2n) is 8.75. The fourth-order valence-electron chi connectivity index (χ4n) is 4.66. The van der Waals surface area contributed by atoms with Gasteiger partial charge in [-0.2, -0.15) is 0 Å². The van der Waals surface area contributed by atoms with Crippen molar-refractivity contribution in [1.29, 1.82) is 0 Å². The van der Waals surface area contributed by atoms with E-state index in [0.29, 0.717) is 17.6 Å². The van der Waals surface area contributed by atoms with Gasteiger partial charge in [-0.25, -0.2) is 0 Å². The molecule has 0 N–H and O–H groups in total. The molecule has 2 fully saturated rings. The third-order valence-corrected chi connectivity index (χ3v) is 6.37. The Kier molecular flexibility index (Phi) is 6.19. The van der Waals surface area contributed by atoms with E-state index in [4.69, 9.17) is 9.47 Å². The summed E-state index contributed by atoms with van der Waals surface area (Å²) in [6.07, 6.45) is 3.27. The lowest BCUT2D eigenvalue weighted by molar-refractivity contribution is -0.102. The number of nitrogens with zero attached hydrogens (tertiary/aromatic N) is 1. The van der Waals surface area contributed by atoms with E-state index in [1.165, 1.54) is 24.9 Å². The van der Waals surface area contributed by atoms with Crippen molar-refractivity contribution in [3.8, 4) is 0 Å². The Morgan fingerprint density at radius 1 is 1.08 bits per heavy atom. The first-order valence-corrected chi connectivity index (χ1v) is 9.94. The van der Waals surface area contributed by atoms with Gasteiger partial charge in [0.1, 0.15) is 0 Å². The van der Waals surface area contributed by atoms with Gasteiger partial charge in [0.25, 0.3) is 0 Å². The number of benzene rings is 1. The molecule has 0 bridgehead atoms. The zero-order chi connectivity index (χ0) is 17.9. The maximum atomic E-state index is 5.91. The van der Waals surface area contributed by atoms with E-state index in [9.17, 15) is 0 Å². The Morgan fingerprint density at radius 2 is 1.76 bits per heavy atom. The lowest BCUT2D eigenvalue weighted by Crippen LogP contribution is -2.54. The molecule has 1 saturated heterocycles. The lowest BCUT2D eigenvalue weighted by atomic mass is 9.53. The van der Waals surface area contributed by atoms with Gasteiger partial charge >= 0.3 is 0 Å². The zero-order valence-electron chi connectivity index (χ0n) is 16.4. The average molecular weight is 346 g/mol. The van der Waals surface area contributed by atoms with Crippen molar-refractivity contribution in [2.24, 2.45) is 17.3 Å². The van der Waals surface area contributed by atoms with Crippen LogP contribution in [0.5, 0.6) is 0 Å². The highest BCUT2D eigenvalue weighted by molar-refractivity contribution is 5.13. The van der Waals surface area contributed by atoms with Crippen LogP contribution in [0, 0.1) is 17.3 Å². The van der Waals surface area contributed by atoms with E-state index in [-0.39, 0.29) is 0 Å². The quantitative estimate of drug-likeness (QED) is 0.685. The molecule has 3 rings (SSSR count). The summed E-state index contributed by atoms with van der Waals surface area (Å²) in [5.41, 5.74) is 1.70. The van der Waals surface area contributed by atoms with Crippen LogP contribution in [0.1, 0.15) is 46.1 Å². The third kappa shape index (κ3) is 4.84. The van der Waals surface area contributed by atoms with Gasteiger partial charge in [-0.05, 0) is 49.5 Å². The maximum Gasteiger partial charge on any atom is 0.0716 e. The molecular formula is C22H35NO2. The average Bonchev–Trinajstić information content (AvgIpc) is 2.56. The molecule has 0 amide bonds. The predicted molar refractivity (Wildman–Crippen MR) is 103 cm³/mol. The Morgan fingerprint density at radius 3 is 2.40 bits per heavy atom. The third-order valence-electron chi connectivity index (χ3n) is 6.37. The maximum absolute atomic E-state index is 5.91. The van der Waals surface area contributed by atoms with Crippen molar-refractivity contribution < 1.29 is 9.47 Å². The molecule has 3 heteroatoms. The molecule has 0 aromatic heterocycles.